The van der Waals surface area contributed by atoms with Gasteiger partial charge in [0.1, 0.15) is 6.54 Å². The Balaban J connectivity index is 1.36. The van der Waals surface area contributed by atoms with Crippen LogP contribution in [0, 0.1) is 0 Å². The first-order chi connectivity index (χ1) is 15.4. The maximum absolute atomic E-state index is 12.8. The third-order valence-electron chi connectivity index (χ3n) is 5.35. The number of nitrogens with zero attached hydrogens (tertiary/aromatic N) is 4. The lowest BCUT2D eigenvalue weighted by atomic mass is 10.2. The van der Waals surface area contributed by atoms with Crippen LogP contribution in [0.25, 0.3) is 21.1 Å². The molecule has 0 spiro atoms. The van der Waals surface area contributed by atoms with Gasteiger partial charge in [-0.1, -0.05) is 23.5 Å². The topological polar surface area (TPSA) is 114 Å². The minimum Gasteiger partial charge on any atom is -0.300 e. The molecule has 5 rings (SSSR count). The van der Waals surface area contributed by atoms with Crippen molar-refractivity contribution in [1.29, 1.82) is 0 Å². The lowest BCUT2D eigenvalue weighted by Gasteiger charge is -2.15. The Labute approximate surface area is 187 Å². The number of anilines is 1. The summed E-state index contributed by atoms with van der Waals surface area (Å²) < 4.78 is 29.0. The molecule has 1 saturated heterocycles. The number of rotatable bonds is 5. The van der Waals surface area contributed by atoms with E-state index in [1.165, 1.54) is 26.5 Å². The van der Waals surface area contributed by atoms with Crippen LogP contribution in [-0.4, -0.2) is 46.3 Å². The normalized spacial score (nSPS) is 14.9. The molecule has 0 unspecified atom stereocenters. The highest BCUT2D eigenvalue weighted by molar-refractivity contribution is 7.89. The molecule has 0 atom stereocenters. The molecule has 1 aliphatic rings. The Morgan fingerprint density at radius 3 is 2.69 bits per heavy atom. The van der Waals surface area contributed by atoms with Crippen molar-refractivity contribution in [2.45, 2.75) is 24.3 Å². The number of sulfonamides is 1. The Kier molecular flexibility index (Phi) is 5.24. The molecule has 1 N–H and O–H groups in total. The van der Waals surface area contributed by atoms with Crippen molar-refractivity contribution >= 4 is 53.5 Å². The fourth-order valence-electron chi connectivity index (χ4n) is 3.73. The zero-order chi connectivity index (χ0) is 22.3. The van der Waals surface area contributed by atoms with E-state index in [-0.39, 0.29) is 17.0 Å². The second kappa shape index (κ2) is 8.08. The second-order valence-electron chi connectivity index (χ2n) is 7.50. The van der Waals surface area contributed by atoms with Crippen LogP contribution in [0.3, 0.4) is 0 Å². The molecule has 2 aromatic carbocycles. The molecule has 2 aromatic heterocycles. The van der Waals surface area contributed by atoms with Crippen LogP contribution in [0.1, 0.15) is 12.8 Å². The molecule has 0 bridgehead atoms. The predicted molar refractivity (Wildman–Crippen MR) is 122 cm³/mol. The zero-order valence-electron chi connectivity index (χ0n) is 16.9. The molecule has 11 heteroatoms. The number of thiazole rings is 1. The molecule has 0 radical (unpaired) electrons. The van der Waals surface area contributed by atoms with E-state index >= 15 is 0 Å². The van der Waals surface area contributed by atoms with Gasteiger partial charge in [0.15, 0.2) is 5.13 Å². The fraction of sp³-hybridized carbons (Fsp3) is 0.238. The van der Waals surface area contributed by atoms with Crippen molar-refractivity contribution in [1.82, 2.24) is 18.8 Å². The molecular formula is C21H19N5O4S2. The highest BCUT2D eigenvalue weighted by Gasteiger charge is 2.27. The Hall–Kier alpha value is -3.15. The first kappa shape index (κ1) is 20.7. The quantitative estimate of drug-likeness (QED) is 0.480. The molecular weight excluding hydrogens is 450 g/mol. The van der Waals surface area contributed by atoms with Gasteiger partial charge in [-0.25, -0.2) is 18.4 Å². The monoisotopic (exact) mass is 469 g/mol. The van der Waals surface area contributed by atoms with Gasteiger partial charge in [-0.3, -0.25) is 14.2 Å². The van der Waals surface area contributed by atoms with Crippen LogP contribution in [0.4, 0.5) is 5.13 Å². The first-order valence-corrected chi connectivity index (χ1v) is 12.3. The average Bonchev–Trinajstić information content (AvgIpc) is 3.45. The summed E-state index contributed by atoms with van der Waals surface area (Å²) in [7, 11) is -3.53. The molecule has 32 heavy (non-hydrogen) atoms. The summed E-state index contributed by atoms with van der Waals surface area (Å²) in [4.78, 5) is 33.9. The van der Waals surface area contributed by atoms with Gasteiger partial charge in [-0.05, 0) is 43.2 Å². The molecule has 164 valence electrons. The Bertz CT molecular complexity index is 1500. The van der Waals surface area contributed by atoms with Crippen LogP contribution in [-0.2, 0) is 21.4 Å². The molecule has 1 amide bonds. The Morgan fingerprint density at radius 1 is 1.09 bits per heavy atom. The fourth-order valence-corrected chi connectivity index (χ4v) is 6.27. The predicted octanol–water partition coefficient (Wildman–Crippen LogP) is 2.43. The highest BCUT2D eigenvalue weighted by Crippen LogP contribution is 2.30. The number of benzene rings is 2. The number of carbonyl (C=O) groups is 1. The van der Waals surface area contributed by atoms with Crippen molar-refractivity contribution in [3.8, 4) is 0 Å². The lowest BCUT2D eigenvalue weighted by Crippen LogP contribution is -2.27. The summed E-state index contributed by atoms with van der Waals surface area (Å²) in [5, 5.41) is 3.46. The van der Waals surface area contributed by atoms with Crippen LogP contribution in [0.15, 0.2) is 58.5 Å². The molecule has 0 aliphatic carbocycles. The summed E-state index contributed by atoms with van der Waals surface area (Å²) in [5.74, 6) is -0.423. The van der Waals surface area contributed by atoms with Gasteiger partial charge in [0.05, 0.1) is 32.3 Å². The van der Waals surface area contributed by atoms with Gasteiger partial charge in [0.25, 0.3) is 5.56 Å². The number of amides is 1. The summed E-state index contributed by atoms with van der Waals surface area (Å²) in [6.07, 6.45) is 3.08. The number of para-hydroxylation sites is 1. The zero-order valence-corrected chi connectivity index (χ0v) is 18.5. The van der Waals surface area contributed by atoms with Gasteiger partial charge < -0.3 is 5.32 Å². The Morgan fingerprint density at radius 2 is 1.88 bits per heavy atom. The van der Waals surface area contributed by atoms with E-state index in [1.807, 2.05) is 0 Å². The van der Waals surface area contributed by atoms with Gasteiger partial charge in [0, 0.05) is 13.1 Å². The highest BCUT2D eigenvalue weighted by atomic mass is 32.2. The van der Waals surface area contributed by atoms with Crippen LogP contribution >= 0.6 is 11.3 Å². The molecule has 0 saturated carbocycles. The largest absolute Gasteiger partial charge is 0.300 e. The van der Waals surface area contributed by atoms with Crippen LogP contribution < -0.4 is 10.9 Å². The van der Waals surface area contributed by atoms with E-state index in [2.05, 4.69) is 15.3 Å². The molecule has 3 heterocycles. The van der Waals surface area contributed by atoms with E-state index in [4.69, 9.17) is 0 Å². The van der Waals surface area contributed by atoms with E-state index in [1.54, 1.807) is 42.5 Å². The van der Waals surface area contributed by atoms with E-state index in [9.17, 15) is 18.0 Å². The summed E-state index contributed by atoms with van der Waals surface area (Å²) in [6, 6.07) is 11.7. The van der Waals surface area contributed by atoms with Crippen molar-refractivity contribution < 1.29 is 13.2 Å². The van der Waals surface area contributed by atoms with Crippen LogP contribution in [0.5, 0.6) is 0 Å². The third kappa shape index (κ3) is 3.78. The second-order valence-corrected chi connectivity index (χ2v) is 10.5. The third-order valence-corrected chi connectivity index (χ3v) is 8.18. The summed E-state index contributed by atoms with van der Waals surface area (Å²) in [6.45, 7) is 0.863. The number of hydrogen-bond acceptors (Lipinski definition) is 7. The van der Waals surface area contributed by atoms with E-state index < -0.39 is 15.9 Å². The first-order valence-electron chi connectivity index (χ1n) is 10.1. The number of hydrogen-bond donors (Lipinski definition) is 1. The SMILES string of the molecule is O=C(Cn1cnc2ccccc2c1=O)Nc1nc2ccc(S(=O)(=O)N3CCCC3)cc2s1. The maximum Gasteiger partial charge on any atom is 0.261 e. The lowest BCUT2D eigenvalue weighted by molar-refractivity contribution is -0.116. The average molecular weight is 470 g/mol. The van der Waals surface area contributed by atoms with Crippen LogP contribution in [0.2, 0.25) is 0 Å². The standard InChI is InChI=1S/C21H19N5O4S2/c27-19(12-25-13-22-16-6-2-1-5-15(16)20(25)28)24-21-23-17-8-7-14(11-18(17)31-21)32(29,30)26-9-3-4-10-26/h1-2,5-8,11,13H,3-4,9-10,12H2,(H,23,24,27). The van der Waals surface area contributed by atoms with Crippen molar-refractivity contribution in [3.63, 3.8) is 0 Å². The van der Waals surface area contributed by atoms with Gasteiger partial charge in [0.2, 0.25) is 15.9 Å². The van der Waals surface area contributed by atoms with Gasteiger partial charge >= 0.3 is 0 Å². The molecule has 1 fully saturated rings. The van der Waals surface area contributed by atoms with Gasteiger partial charge in [-0.15, -0.1) is 0 Å². The van der Waals surface area contributed by atoms with E-state index in [0.29, 0.717) is 39.3 Å². The van der Waals surface area contributed by atoms with Crippen molar-refractivity contribution in [2.24, 2.45) is 0 Å². The maximum atomic E-state index is 12.8. The summed E-state index contributed by atoms with van der Waals surface area (Å²) >= 11 is 1.19. The smallest absolute Gasteiger partial charge is 0.261 e. The van der Waals surface area contributed by atoms with Crippen molar-refractivity contribution in [2.75, 3.05) is 18.4 Å². The van der Waals surface area contributed by atoms with Crippen molar-refractivity contribution in [3.05, 3.63) is 59.1 Å². The molecule has 9 nitrogen and oxygen atoms in total. The van der Waals surface area contributed by atoms with Gasteiger partial charge in [-0.2, -0.15) is 4.31 Å². The number of nitrogens with one attached hydrogen (secondary N) is 1. The minimum absolute atomic E-state index is 0.207. The van der Waals surface area contributed by atoms with E-state index in [0.717, 1.165) is 12.8 Å². The number of carbonyl (C=O) groups excluding carboxylic acids is 1. The summed E-state index contributed by atoms with van der Waals surface area (Å²) in [5.41, 5.74) is 0.863. The molecule has 1 aliphatic heterocycles. The minimum atomic E-state index is -3.53. The number of fused-ring (bicyclic) bond motifs is 2. The molecule has 4 aromatic rings. The number of aromatic nitrogens is 3.